The Morgan fingerprint density at radius 3 is 2.70 bits per heavy atom. The molecule has 1 aliphatic rings. The SMILES string of the molecule is C=CCNc1cc(C)nc(N2CCN(C(C)=O)CC2)n1. The van der Waals surface area contributed by atoms with Gasteiger partial charge in [0.2, 0.25) is 11.9 Å². The average molecular weight is 275 g/mol. The largest absolute Gasteiger partial charge is 0.366 e. The first kappa shape index (κ1) is 14.3. The molecule has 2 rings (SSSR count). The zero-order valence-corrected chi connectivity index (χ0v) is 12.1. The van der Waals surface area contributed by atoms with E-state index < -0.39 is 0 Å². The lowest BCUT2D eigenvalue weighted by Crippen LogP contribution is -2.48. The first-order chi connectivity index (χ1) is 9.60. The molecule has 0 unspecified atom stereocenters. The number of anilines is 2. The van der Waals surface area contributed by atoms with E-state index in [0.29, 0.717) is 6.54 Å². The molecular weight excluding hydrogens is 254 g/mol. The maximum atomic E-state index is 11.3. The smallest absolute Gasteiger partial charge is 0.227 e. The van der Waals surface area contributed by atoms with Gasteiger partial charge in [0.25, 0.3) is 0 Å². The van der Waals surface area contributed by atoms with Crippen molar-refractivity contribution < 1.29 is 4.79 Å². The van der Waals surface area contributed by atoms with Crippen molar-refractivity contribution in [3.63, 3.8) is 0 Å². The topological polar surface area (TPSA) is 61.4 Å². The maximum Gasteiger partial charge on any atom is 0.227 e. The molecule has 1 fully saturated rings. The molecule has 0 aromatic carbocycles. The predicted octanol–water partition coefficient (Wildman–Crippen LogP) is 1.05. The minimum atomic E-state index is 0.128. The molecule has 0 radical (unpaired) electrons. The number of carbonyl (C=O) groups excluding carboxylic acids is 1. The molecule has 1 aromatic rings. The van der Waals surface area contributed by atoms with Gasteiger partial charge in [-0.05, 0) is 6.92 Å². The Kier molecular flexibility index (Phi) is 4.55. The highest BCUT2D eigenvalue weighted by molar-refractivity contribution is 5.73. The van der Waals surface area contributed by atoms with Gasteiger partial charge in [-0.3, -0.25) is 4.79 Å². The Bertz CT molecular complexity index is 494. The number of aryl methyl sites for hydroxylation is 1. The van der Waals surface area contributed by atoms with Gasteiger partial charge in [0.15, 0.2) is 0 Å². The molecule has 0 saturated carbocycles. The van der Waals surface area contributed by atoms with Crippen molar-refractivity contribution in [2.75, 3.05) is 42.9 Å². The molecule has 1 amide bonds. The van der Waals surface area contributed by atoms with Gasteiger partial charge in [0, 0.05) is 51.4 Å². The number of amides is 1. The predicted molar refractivity (Wildman–Crippen MR) is 79.9 cm³/mol. The third kappa shape index (κ3) is 3.46. The molecule has 6 heteroatoms. The summed E-state index contributed by atoms with van der Waals surface area (Å²) < 4.78 is 0. The minimum absolute atomic E-state index is 0.128. The monoisotopic (exact) mass is 275 g/mol. The second-order valence-electron chi connectivity index (χ2n) is 4.86. The van der Waals surface area contributed by atoms with Crippen LogP contribution >= 0.6 is 0 Å². The van der Waals surface area contributed by atoms with Crippen molar-refractivity contribution in [3.05, 3.63) is 24.4 Å². The fourth-order valence-corrected chi connectivity index (χ4v) is 2.18. The van der Waals surface area contributed by atoms with Crippen LogP contribution in [0.2, 0.25) is 0 Å². The molecule has 1 saturated heterocycles. The second-order valence-corrected chi connectivity index (χ2v) is 4.86. The lowest BCUT2D eigenvalue weighted by Gasteiger charge is -2.34. The highest BCUT2D eigenvalue weighted by atomic mass is 16.2. The van der Waals surface area contributed by atoms with Crippen LogP contribution in [0.3, 0.4) is 0 Å². The Labute approximate surface area is 119 Å². The summed E-state index contributed by atoms with van der Waals surface area (Å²) in [4.78, 5) is 24.3. The Balaban J connectivity index is 2.07. The highest BCUT2D eigenvalue weighted by Gasteiger charge is 2.20. The molecule has 1 aliphatic heterocycles. The summed E-state index contributed by atoms with van der Waals surface area (Å²) in [6, 6.07) is 1.92. The Morgan fingerprint density at radius 1 is 1.40 bits per heavy atom. The Hall–Kier alpha value is -2.11. The first-order valence-corrected chi connectivity index (χ1v) is 6.81. The number of nitrogens with zero attached hydrogens (tertiary/aromatic N) is 4. The average Bonchev–Trinajstić information content (AvgIpc) is 2.44. The lowest BCUT2D eigenvalue weighted by molar-refractivity contribution is -0.129. The summed E-state index contributed by atoms with van der Waals surface area (Å²) in [7, 11) is 0. The van der Waals surface area contributed by atoms with Crippen LogP contribution < -0.4 is 10.2 Å². The maximum absolute atomic E-state index is 11.3. The van der Waals surface area contributed by atoms with Crippen molar-refractivity contribution in [1.82, 2.24) is 14.9 Å². The van der Waals surface area contributed by atoms with Crippen LogP contribution in [0.4, 0.5) is 11.8 Å². The van der Waals surface area contributed by atoms with Crippen molar-refractivity contribution in [1.29, 1.82) is 0 Å². The molecule has 0 atom stereocenters. The summed E-state index contributed by atoms with van der Waals surface area (Å²) in [6.07, 6.45) is 1.79. The molecule has 0 spiro atoms. The van der Waals surface area contributed by atoms with Crippen molar-refractivity contribution in [2.24, 2.45) is 0 Å². The summed E-state index contributed by atoms with van der Waals surface area (Å²) in [6.45, 7) is 10.9. The fraction of sp³-hybridized carbons (Fsp3) is 0.500. The third-order valence-electron chi connectivity index (χ3n) is 3.28. The van der Waals surface area contributed by atoms with Crippen LogP contribution in [0.25, 0.3) is 0 Å². The van der Waals surface area contributed by atoms with Crippen LogP contribution in [0.1, 0.15) is 12.6 Å². The standard InChI is InChI=1S/C14H21N5O/c1-4-5-15-13-10-11(2)16-14(17-13)19-8-6-18(7-9-19)12(3)20/h4,10H,1,5-9H2,2-3H3,(H,15,16,17). The van der Waals surface area contributed by atoms with Gasteiger partial charge in [0.05, 0.1) is 0 Å². The molecule has 108 valence electrons. The van der Waals surface area contributed by atoms with E-state index in [1.54, 1.807) is 13.0 Å². The van der Waals surface area contributed by atoms with Gasteiger partial charge < -0.3 is 15.1 Å². The van der Waals surface area contributed by atoms with Crippen molar-refractivity contribution in [2.45, 2.75) is 13.8 Å². The van der Waals surface area contributed by atoms with E-state index in [2.05, 4.69) is 26.8 Å². The molecule has 20 heavy (non-hydrogen) atoms. The zero-order valence-electron chi connectivity index (χ0n) is 12.1. The molecule has 1 aromatic heterocycles. The first-order valence-electron chi connectivity index (χ1n) is 6.81. The van der Waals surface area contributed by atoms with E-state index in [1.807, 2.05) is 17.9 Å². The number of hydrogen-bond donors (Lipinski definition) is 1. The number of hydrogen-bond acceptors (Lipinski definition) is 5. The van der Waals surface area contributed by atoms with Crippen molar-refractivity contribution in [3.8, 4) is 0 Å². The van der Waals surface area contributed by atoms with Gasteiger partial charge in [0.1, 0.15) is 5.82 Å². The molecule has 0 bridgehead atoms. The van der Waals surface area contributed by atoms with Crippen LogP contribution in [0.5, 0.6) is 0 Å². The van der Waals surface area contributed by atoms with Crippen molar-refractivity contribution >= 4 is 17.7 Å². The summed E-state index contributed by atoms with van der Waals surface area (Å²) >= 11 is 0. The zero-order chi connectivity index (χ0) is 14.5. The van der Waals surface area contributed by atoms with E-state index in [4.69, 9.17) is 0 Å². The van der Waals surface area contributed by atoms with E-state index in [1.165, 1.54) is 0 Å². The lowest BCUT2D eigenvalue weighted by atomic mass is 10.3. The Morgan fingerprint density at radius 2 is 2.10 bits per heavy atom. The third-order valence-corrected chi connectivity index (χ3v) is 3.28. The highest BCUT2D eigenvalue weighted by Crippen LogP contribution is 2.15. The summed E-state index contributed by atoms with van der Waals surface area (Å²) in [5, 5.41) is 3.18. The minimum Gasteiger partial charge on any atom is -0.366 e. The van der Waals surface area contributed by atoms with Gasteiger partial charge in [-0.2, -0.15) is 4.98 Å². The van der Waals surface area contributed by atoms with Crippen LogP contribution in [-0.4, -0.2) is 53.5 Å². The number of aromatic nitrogens is 2. The van der Waals surface area contributed by atoms with E-state index in [9.17, 15) is 4.79 Å². The number of carbonyl (C=O) groups is 1. The molecule has 1 N–H and O–H groups in total. The van der Waals surface area contributed by atoms with E-state index in [-0.39, 0.29) is 5.91 Å². The molecule has 0 aliphatic carbocycles. The van der Waals surface area contributed by atoms with Gasteiger partial charge in [-0.25, -0.2) is 4.98 Å². The van der Waals surface area contributed by atoms with Gasteiger partial charge in [-0.15, -0.1) is 6.58 Å². The van der Waals surface area contributed by atoms with Gasteiger partial charge in [-0.1, -0.05) is 6.08 Å². The van der Waals surface area contributed by atoms with Crippen LogP contribution in [0, 0.1) is 6.92 Å². The van der Waals surface area contributed by atoms with E-state index >= 15 is 0 Å². The van der Waals surface area contributed by atoms with Crippen LogP contribution in [0.15, 0.2) is 18.7 Å². The summed E-state index contributed by atoms with van der Waals surface area (Å²) in [5.41, 5.74) is 0.926. The molecular formula is C14H21N5O. The number of nitrogens with one attached hydrogen (secondary N) is 1. The second kappa shape index (κ2) is 6.36. The van der Waals surface area contributed by atoms with Gasteiger partial charge >= 0.3 is 0 Å². The summed E-state index contributed by atoms with van der Waals surface area (Å²) in [5.74, 6) is 1.66. The number of piperazine rings is 1. The fourth-order valence-electron chi connectivity index (χ4n) is 2.18. The molecule has 6 nitrogen and oxygen atoms in total. The molecule has 2 heterocycles. The van der Waals surface area contributed by atoms with Crippen LogP contribution in [-0.2, 0) is 4.79 Å². The number of rotatable bonds is 4. The quantitative estimate of drug-likeness (QED) is 0.832. The normalized spacial score (nSPS) is 15.1. The van der Waals surface area contributed by atoms with E-state index in [0.717, 1.165) is 43.6 Å².